The SMILES string of the molecule is CS(=O)(=O)c1ccccc1C(=O)Nc1nc(-c2c[nH]c(C(N)=O)c2)cs1. The van der Waals surface area contributed by atoms with Crippen molar-refractivity contribution in [2.45, 2.75) is 4.90 Å². The second kappa shape index (κ2) is 6.73. The summed E-state index contributed by atoms with van der Waals surface area (Å²) < 4.78 is 23.6. The number of primary amides is 1. The zero-order valence-corrected chi connectivity index (χ0v) is 15.1. The highest BCUT2D eigenvalue weighted by Crippen LogP contribution is 2.26. The number of hydrogen-bond donors (Lipinski definition) is 3. The molecule has 4 N–H and O–H groups in total. The number of rotatable bonds is 5. The molecule has 10 heteroatoms. The summed E-state index contributed by atoms with van der Waals surface area (Å²) >= 11 is 1.18. The van der Waals surface area contributed by atoms with E-state index in [4.69, 9.17) is 5.73 Å². The fourth-order valence-electron chi connectivity index (χ4n) is 2.29. The normalized spacial score (nSPS) is 11.3. The number of aromatic amines is 1. The number of sulfone groups is 1. The number of anilines is 1. The third-order valence-corrected chi connectivity index (χ3v) is 5.41. The number of hydrogen-bond acceptors (Lipinski definition) is 6. The Hall–Kier alpha value is -2.98. The summed E-state index contributed by atoms with van der Waals surface area (Å²) in [6, 6.07) is 7.51. The van der Waals surface area contributed by atoms with Gasteiger partial charge in [-0.15, -0.1) is 11.3 Å². The Morgan fingerprint density at radius 1 is 1.27 bits per heavy atom. The lowest BCUT2D eigenvalue weighted by atomic mass is 10.2. The van der Waals surface area contributed by atoms with Gasteiger partial charge in [0.15, 0.2) is 15.0 Å². The van der Waals surface area contributed by atoms with Gasteiger partial charge in [-0.3, -0.25) is 14.9 Å². The molecule has 0 saturated carbocycles. The lowest BCUT2D eigenvalue weighted by Crippen LogP contribution is -2.15. The molecule has 0 bridgehead atoms. The molecule has 134 valence electrons. The zero-order chi connectivity index (χ0) is 18.9. The highest BCUT2D eigenvalue weighted by atomic mass is 32.2. The fraction of sp³-hybridized carbons (Fsp3) is 0.0625. The van der Waals surface area contributed by atoms with E-state index >= 15 is 0 Å². The van der Waals surface area contributed by atoms with Crippen LogP contribution in [0.25, 0.3) is 11.3 Å². The molecule has 0 aliphatic rings. The molecule has 2 amide bonds. The Kier molecular flexibility index (Phi) is 4.62. The van der Waals surface area contributed by atoms with E-state index in [1.165, 1.54) is 23.5 Å². The first-order valence-corrected chi connectivity index (χ1v) is 10.1. The summed E-state index contributed by atoms with van der Waals surface area (Å²) in [5, 5.41) is 4.59. The van der Waals surface area contributed by atoms with Crippen LogP contribution in [0.1, 0.15) is 20.8 Å². The van der Waals surface area contributed by atoms with E-state index in [0.29, 0.717) is 16.4 Å². The summed E-state index contributed by atoms with van der Waals surface area (Å²) in [4.78, 5) is 30.5. The van der Waals surface area contributed by atoms with Crippen molar-refractivity contribution in [3.05, 3.63) is 53.2 Å². The number of thiazole rings is 1. The van der Waals surface area contributed by atoms with Crippen molar-refractivity contribution in [1.82, 2.24) is 9.97 Å². The van der Waals surface area contributed by atoms with Crippen LogP contribution in [-0.2, 0) is 9.84 Å². The molecule has 8 nitrogen and oxygen atoms in total. The molecular weight excluding hydrogens is 376 g/mol. The lowest BCUT2D eigenvalue weighted by Gasteiger charge is -2.06. The highest BCUT2D eigenvalue weighted by molar-refractivity contribution is 7.90. The first-order chi connectivity index (χ1) is 12.3. The van der Waals surface area contributed by atoms with Gasteiger partial charge in [0.2, 0.25) is 0 Å². The average molecular weight is 390 g/mol. The Morgan fingerprint density at radius 3 is 2.65 bits per heavy atom. The van der Waals surface area contributed by atoms with Crippen LogP contribution in [0, 0.1) is 0 Å². The van der Waals surface area contributed by atoms with Crippen LogP contribution in [0.5, 0.6) is 0 Å². The van der Waals surface area contributed by atoms with Gasteiger partial charge in [0.25, 0.3) is 11.8 Å². The number of carbonyl (C=O) groups excluding carboxylic acids is 2. The van der Waals surface area contributed by atoms with Gasteiger partial charge in [0.1, 0.15) is 5.69 Å². The van der Waals surface area contributed by atoms with Crippen LogP contribution in [0.4, 0.5) is 5.13 Å². The van der Waals surface area contributed by atoms with Gasteiger partial charge in [0.05, 0.1) is 16.2 Å². The molecule has 2 aromatic heterocycles. The van der Waals surface area contributed by atoms with Gasteiger partial charge in [-0.2, -0.15) is 0 Å². The van der Waals surface area contributed by atoms with Gasteiger partial charge in [0, 0.05) is 23.4 Å². The van der Waals surface area contributed by atoms with Gasteiger partial charge >= 0.3 is 0 Å². The largest absolute Gasteiger partial charge is 0.364 e. The van der Waals surface area contributed by atoms with E-state index < -0.39 is 21.7 Å². The maximum atomic E-state index is 12.4. The smallest absolute Gasteiger partial charge is 0.265 e. The lowest BCUT2D eigenvalue weighted by molar-refractivity contribution is 0.0993. The van der Waals surface area contributed by atoms with Crippen LogP contribution < -0.4 is 11.1 Å². The highest BCUT2D eigenvalue weighted by Gasteiger charge is 2.19. The number of nitrogens with zero attached hydrogens (tertiary/aromatic N) is 1. The predicted molar refractivity (Wildman–Crippen MR) is 97.9 cm³/mol. The van der Waals surface area contributed by atoms with E-state index in [1.807, 2.05) is 0 Å². The van der Waals surface area contributed by atoms with Crippen molar-refractivity contribution in [3.8, 4) is 11.3 Å². The third-order valence-electron chi connectivity index (χ3n) is 3.50. The molecule has 26 heavy (non-hydrogen) atoms. The van der Waals surface area contributed by atoms with Gasteiger partial charge in [-0.05, 0) is 18.2 Å². The minimum Gasteiger partial charge on any atom is -0.364 e. The molecule has 0 atom stereocenters. The van der Waals surface area contributed by atoms with E-state index in [9.17, 15) is 18.0 Å². The van der Waals surface area contributed by atoms with Gasteiger partial charge in [-0.1, -0.05) is 12.1 Å². The molecule has 2 heterocycles. The predicted octanol–water partition coefficient (Wildman–Crippen LogP) is 1.89. The van der Waals surface area contributed by atoms with Gasteiger partial charge in [-0.25, -0.2) is 13.4 Å². The summed E-state index contributed by atoms with van der Waals surface area (Å²) in [5.41, 5.74) is 6.68. The van der Waals surface area contributed by atoms with Crippen LogP contribution in [0.2, 0.25) is 0 Å². The molecule has 3 aromatic rings. The van der Waals surface area contributed by atoms with Crippen molar-refractivity contribution < 1.29 is 18.0 Å². The second-order valence-corrected chi connectivity index (χ2v) is 8.27. The number of nitrogens with one attached hydrogen (secondary N) is 2. The maximum absolute atomic E-state index is 12.4. The van der Waals surface area contributed by atoms with Crippen LogP contribution in [0.3, 0.4) is 0 Å². The number of aromatic nitrogens is 2. The first kappa shape index (κ1) is 17.8. The minimum absolute atomic E-state index is 0.0457. The summed E-state index contributed by atoms with van der Waals surface area (Å²) in [6.45, 7) is 0. The Labute approximate surface area is 153 Å². The molecule has 0 aliphatic carbocycles. The molecule has 1 aromatic carbocycles. The molecule has 0 fully saturated rings. The van der Waals surface area contributed by atoms with E-state index in [1.54, 1.807) is 29.8 Å². The third kappa shape index (κ3) is 3.65. The first-order valence-electron chi connectivity index (χ1n) is 7.30. The number of amides is 2. The van der Waals surface area contributed by atoms with E-state index in [2.05, 4.69) is 15.3 Å². The summed E-state index contributed by atoms with van der Waals surface area (Å²) in [5.74, 6) is -1.16. The molecule has 0 aliphatic heterocycles. The number of carbonyl (C=O) groups is 2. The topological polar surface area (TPSA) is 135 Å². The van der Waals surface area contributed by atoms with Crippen molar-refractivity contribution in [3.63, 3.8) is 0 Å². The summed E-state index contributed by atoms with van der Waals surface area (Å²) in [7, 11) is -3.54. The summed E-state index contributed by atoms with van der Waals surface area (Å²) in [6.07, 6.45) is 2.63. The van der Waals surface area contributed by atoms with E-state index in [0.717, 1.165) is 6.26 Å². The minimum atomic E-state index is -3.54. The van der Waals surface area contributed by atoms with Crippen LogP contribution in [0.15, 0.2) is 46.8 Å². The molecule has 0 saturated heterocycles. The van der Waals surface area contributed by atoms with Crippen LogP contribution >= 0.6 is 11.3 Å². The second-order valence-electron chi connectivity index (χ2n) is 5.43. The monoisotopic (exact) mass is 390 g/mol. The molecule has 0 unspecified atom stereocenters. The van der Waals surface area contributed by atoms with Crippen molar-refractivity contribution in [2.24, 2.45) is 5.73 Å². The fourth-order valence-corrected chi connectivity index (χ4v) is 3.89. The standard InChI is InChI=1S/C16H14N4O4S2/c1-26(23,24)13-5-3-2-4-10(13)15(22)20-16-19-12(8-25-16)9-6-11(14(17)21)18-7-9/h2-8,18H,1H3,(H2,17,21)(H,19,20,22). The Balaban J connectivity index is 1.84. The quantitative estimate of drug-likeness (QED) is 0.611. The average Bonchev–Trinajstić information content (AvgIpc) is 3.23. The zero-order valence-electron chi connectivity index (χ0n) is 13.5. The number of benzene rings is 1. The molecule has 0 spiro atoms. The Bertz CT molecular complexity index is 1100. The molecule has 3 rings (SSSR count). The number of H-pyrrole nitrogens is 1. The van der Waals surface area contributed by atoms with Crippen molar-refractivity contribution >= 4 is 38.1 Å². The molecule has 0 radical (unpaired) electrons. The molecular formula is C16H14N4O4S2. The van der Waals surface area contributed by atoms with E-state index in [-0.39, 0.29) is 16.2 Å². The van der Waals surface area contributed by atoms with Crippen molar-refractivity contribution in [2.75, 3.05) is 11.6 Å². The number of nitrogens with two attached hydrogens (primary N) is 1. The van der Waals surface area contributed by atoms with Gasteiger partial charge < -0.3 is 10.7 Å². The Morgan fingerprint density at radius 2 is 2.00 bits per heavy atom. The maximum Gasteiger partial charge on any atom is 0.265 e. The van der Waals surface area contributed by atoms with Crippen LogP contribution in [-0.4, -0.2) is 36.5 Å². The van der Waals surface area contributed by atoms with Crippen molar-refractivity contribution in [1.29, 1.82) is 0 Å².